The standard InChI is InChI=1S/C8H15NO2/c1-5-3-2-4-6(5)7(9)8(10)11/h5-7H,2-4,9H2,1H3,(H,10,11). The number of aliphatic carboxylic acids is 1. The topological polar surface area (TPSA) is 63.3 Å². The van der Waals surface area contributed by atoms with E-state index in [-0.39, 0.29) is 5.92 Å². The van der Waals surface area contributed by atoms with Crippen molar-refractivity contribution in [3.8, 4) is 0 Å². The van der Waals surface area contributed by atoms with E-state index in [4.69, 9.17) is 10.8 Å². The third kappa shape index (κ3) is 1.71. The summed E-state index contributed by atoms with van der Waals surface area (Å²) in [6.45, 7) is 2.08. The van der Waals surface area contributed by atoms with E-state index in [1.165, 1.54) is 0 Å². The SMILES string of the molecule is CC1CCCC1C(N)C(=O)O. The van der Waals surface area contributed by atoms with Crippen LogP contribution in [0.1, 0.15) is 26.2 Å². The highest BCUT2D eigenvalue weighted by Crippen LogP contribution is 2.32. The van der Waals surface area contributed by atoms with Crippen LogP contribution < -0.4 is 5.73 Å². The summed E-state index contributed by atoms with van der Waals surface area (Å²) in [5, 5.41) is 8.64. The van der Waals surface area contributed by atoms with Gasteiger partial charge in [0.1, 0.15) is 6.04 Å². The van der Waals surface area contributed by atoms with Crippen LogP contribution in [0.4, 0.5) is 0 Å². The van der Waals surface area contributed by atoms with Crippen LogP contribution in [-0.2, 0) is 4.79 Å². The molecular weight excluding hydrogens is 142 g/mol. The van der Waals surface area contributed by atoms with Gasteiger partial charge in [0.25, 0.3) is 0 Å². The molecule has 0 aromatic carbocycles. The molecule has 0 heterocycles. The predicted molar refractivity (Wildman–Crippen MR) is 42.1 cm³/mol. The molecule has 1 aliphatic rings. The number of carboxylic acids is 1. The van der Waals surface area contributed by atoms with Gasteiger partial charge in [0.2, 0.25) is 0 Å². The number of nitrogens with two attached hydrogens (primary N) is 1. The summed E-state index contributed by atoms with van der Waals surface area (Å²) in [4.78, 5) is 10.5. The summed E-state index contributed by atoms with van der Waals surface area (Å²) in [5.41, 5.74) is 5.51. The van der Waals surface area contributed by atoms with Gasteiger partial charge in [-0.25, -0.2) is 0 Å². The van der Waals surface area contributed by atoms with Crippen molar-refractivity contribution < 1.29 is 9.90 Å². The van der Waals surface area contributed by atoms with Crippen LogP contribution in [-0.4, -0.2) is 17.1 Å². The first-order chi connectivity index (χ1) is 5.13. The lowest BCUT2D eigenvalue weighted by Gasteiger charge is -2.18. The summed E-state index contributed by atoms with van der Waals surface area (Å²) < 4.78 is 0. The molecule has 0 aliphatic heterocycles. The summed E-state index contributed by atoms with van der Waals surface area (Å²) >= 11 is 0. The van der Waals surface area contributed by atoms with Crippen LogP contribution in [0.25, 0.3) is 0 Å². The van der Waals surface area contributed by atoms with Crippen molar-refractivity contribution in [2.24, 2.45) is 17.6 Å². The van der Waals surface area contributed by atoms with Gasteiger partial charge in [-0.2, -0.15) is 0 Å². The highest BCUT2D eigenvalue weighted by atomic mass is 16.4. The number of carboxylic acid groups (broad SMARTS) is 1. The van der Waals surface area contributed by atoms with E-state index in [0.717, 1.165) is 19.3 Å². The maximum absolute atomic E-state index is 10.5. The van der Waals surface area contributed by atoms with E-state index in [1.54, 1.807) is 0 Å². The molecule has 3 nitrogen and oxygen atoms in total. The summed E-state index contributed by atoms with van der Waals surface area (Å²) in [6.07, 6.45) is 3.24. The van der Waals surface area contributed by atoms with Crippen molar-refractivity contribution in [2.45, 2.75) is 32.2 Å². The molecule has 64 valence electrons. The summed E-state index contributed by atoms with van der Waals surface area (Å²) in [7, 11) is 0. The molecule has 3 N–H and O–H groups in total. The monoisotopic (exact) mass is 157 g/mol. The Morgan fingerprint density at radius 2 is 2.27 bits per heavy atom. The van der Waals surface area contributed by atoms with Gasteiger partial charge < -0.3 is 10.8 Å². The number of rotatable bonds is 2. The Morgan fingerprint density at radius 3 is 2.64 bits per heavy atom. The Labute approximate surface area is 66.6 Å². The largest absolute Gasteiger partial charge is 0.480 e. The minimum atomic E-state index is -0.858. The molecule has 0 bridgehead atoms. The van der Waals surface area contributed by atoms with Crippen LogP contribution in [0.15, 0.2) is 0 Å². The second kappa shape index (κ2) is 3.22. The molecule has 11 heavy (non-hydrogen) atoms. The van der Waals surface area contributed by atoms with Crippen molar-refractivity contribution >= 4 is 5.97 Å². The normalized spacial score (nSPS) is 33.6. The van der Waals surface area contributed by atoms with Gasteiger partial charge >= 0.3 is 5.97 Å². The second-order valence-corrected chi connectivity index (χ2v) is 3.44. The van der Waals surface area contributed by atoms with E-state index in [9.17, 15) is 4.79 Å². The molecule has 3 unspecified atom stereocenters. The maximum Gasteiger partial charge on any atom is 0.320 e. The Hall–Kier alpha value is -0.570. The van der Waals surface area contributed by atoms with Crippen LogP contribution >= 0.6 is 0 Å². The Kier molecular flexibility index (Phi) is 2.49. The Balaban J connectivity index is 2.52. The van der Waals surface area contributed by atoms with Crippen molar-refractivity contribution in [2.75, 3.05) is 0 Å². The zero-order valence-corrected chi connectivity index (χ0v) is 6.79. The molecule has 0 aromatic heterocycles. The molecular formula is C8H15NO2. The highest BCUT2D eigenvalue weighted by Gasteiger charge is 2.32. The van der Waals surface area contributed by atoms with Crippen LogP contribution in [0, 0.1) is 11.8 Å². The molecule has 0 spiro atoms. The predicted octanol–water partition coefficient (Wildman–Crippen LogP) is 0.834. The minimum absolute atomic E-state index is 0.201. The van der Waals surface area contributed by atoms with Gasteiger partial charge in [-0.1, -0.05) is 19.8 Å². The second-order valence-electron chi connectivity index (χ2n) is 3.44. The molecule has 0 aromatic rings. The lowest BCUT2D eigenvalue weighted by atomic mass is 9.91. The van der Waals surface area contributed by atoms with Crippen molar-refractivity contribution in [1.29, 1.82) is 0 Å². The molecule has 1 saturated carbocycles. The van der Waals surface area contributed by atoms with Gasteiger partial charge in [-0.05, 0) is 18.3 Å². The molecule has 1 fully saturated rings. The lowest BCUT2D eigenvalue weighted by Crippen LogP contribution is -2.39. The van der Waals surface area contributed by atoms with E-state index in [2.05, 4.69) is 6.92 Å². The third-order valence-electron chi connectivity index (χ3n) is 2.67. The fourth-order valence-corrected chi connectivity index (χ4v) is 1.89. The summed E-state index contributed by atoms with van der Waals surface area (Å²) in [5.74, 6) is -0.169. The molecule has 1 aliphatic carbocycles. The number of hydrogen-bond acceptors (Lipinski definition) is 2. The van der Waals surface area contributed by atoms with Crippen molar-refractivity contribution in [3.63, 3.8) is 0 Å². The van der Waals surface area contributed by atoms with Crippen molar-refractivity contribution in [1.82, 2.24) is 0 Å². The Bertz CT molecular complexity index is 158. The average Bonchev–Trinajstić information content (AvgIpc) is 2.33. The first-order valence-electron chi connectivity index (χ1n) is 4.11. The molecule has 0 radical (unpaired) electrons. The van der Waals surface area contributed by atoms with Crippen molar-refractivity contribution in [3.05, 3.63) is 0 Å². The van der Waals surface area contributed by atoms with Gasteiger partial charge in [0, 0.05) is 0 Å². The smallest absolute Gasteiger partial charge is 0.320 e. The zero-order valence-electron chi connectivity index (χ0n) is 6.79. The van der Waals surface area contributed by atoms with Crippen LogP contribution in [0.2, 0.25) is 0 Å². The fourth-order valence-electron chi connectivity index (χ4n) is 1.89. The summed E-state index contributed by atoms with van der Waals surface area (Å²) in [6, 6.07) is -0.646. The number of hydrogen-bond donors (Lipinski definition) is 2. The fraction of sp³-hybridized carbons (Fsp3) is 0.875. The average molecular weight is 157 g/mol. The van der Waals surface area contributed by atoms with Gasteiger partial charge in [0.05, 0.1) is 0 Å². The third-order valence-corrected chi connectivity index (χ3v) is 2.67. The van der Waals surface area contributed by atoms with Gasteiger partial charge in [0.15, 0.2) is 0 Å². The Morgan fingerprint density at radius 1 is 1.64 bits per heavy atom. The first-order valence-corrected chi connectivity index (χ1v) is 4.11. The van der Waals surface area contributed by atoms with Gasteiger partial charge in [-0.15, -0.1) is 0 Å². The maximum atomic E-state index is 10.5. The zero-order chi connectivity index (χ0) is 8.43. The number of carbonyl (C=O) groups is 1. The molecule has 3 heteroatoms. The van der Waals surface area contributed by atoms with E-state index in [0.29, 0.717) is 5.92 Å². The molecule has 1 rings (SSSR count). The minimum Gasteiger partial charge on any atom is -0.480 e. The first kappa shape index (κ1) is 8.53. The van der Waals surface area contributed by atoms with E-state index in [1.807, 2.05) is 0 Å². The van der Waals surface area contributed by atoms with Crippen LogP contribution in [0.5, 0.6) is 0 Å². The highest BCUT2D eigenvalue weighted by molar-refractivity contribution is 5.73. The van der Waals surface area contributed by atoms with E-state index < -0.39 is 12.0 Å². The lowest BCUT2D eigenvalue weighted by molar-refractivity contribution is -0.140. The van der Waals surface area contributed by atoms with E-state index >= 15 is 0 Å². The van der Waals surface area contributed by atoms with Gasteiger partial charge in [-0.3, -0.25) is 4.79 Å². The molecule has 0 saturated heterocycles. The molecule has 3 atom stereocenters. The molecule has 0 amide bonds. The van der Waals surface area contributed by atoms with Crippen LogP contribution in [0.3, 0.4) is 0 Å². The quantitative estimate of drug-likeness (QED) is 0.624.